The van der Waals surface area contributed by atoms with E-state index in [0.717, 1.165) is 10.5 Å². The molecule has 206 valence electrons. The number of amides is 2. The van der Waals surface area contributed by atoms with Crippen molar-refractivity contribution in [2.75, 3.05) is 6.54 Å². The number of pyridine rings is 2. The van der Waals surface area contributed by atoms with Crippen LogP contribution in [0.3, 0.4) is 0 Å². The first-order chi connectivity index (χ1) is 19.3. The Balaban J connectivity index is 1.44. The van der Waals surface area contributed by atoms with Crippen molar-refractivity contribution in [3.05, 3.63) is 108 Å². The van der Waals surface area contributed by atoms with Gasteiger partial charge < -0.3 is 9.80 Å². The first kappa shape index (κ1) is 27.3. The van der Waals surface area contributed by atoms with Gasteiger partial charge in [-0.25, -0.2) is 0 Å². The molecule has 2 amide bonds. The quantitative estimate of drug-likeness (QED) is 0.313. The van der Waals surface area contributed by atoms with Crippen LogP contribution in [0, 0.1) is 0 Å². The van der Waals surface area contributed by atoms with Gasteiger partial charge in [-0.3, -0.25) is 19.6 Å². The van der Waals surface area contributed by atoms with Crippen LogP contribution < -0.4 is 0 Å². The normalized spacial score (nSPS) is 17.5. The van der Waals surface area contributed by atoms with E-state index in [9.17, 15) is 22.8 Å². The summed E-state index contributed by atoms with van der Waals surface area (Å²) in [4.78, 5) is 37.5. The van der Waals surface area contributed by atoms with Crippen LogP contribution >= 0.6 is 0 Å². The molecule has 1 fully saturated rings. The molecule has 0 saturated carbocycles. The van der Waals surface area contributed by atoms with Gasteiger partial charge in [0.1, 0.15) is 0 Å². The van der Waals surface area contributed by atoms with Gasteiger partial charge in [0.2, 0.25) is 5.91 Å². The Hall–Kier alpha value is -4.27. The molecule has 5 rings (SSSR count). The van der Waals surface area contributed by atoms with E-state index >= 15 is 0 Å². The fraction of sp³-hybridized carbons (Fsp3) is 0.290. The highest BCUT2D eigenvalue weighted by Crippen LogP contribution is 2.31. The summed E-state index contributed by atoms with van der Waals surface area (Å²) in [7, 11) is 0. The van der Waals surface area contributed by atoms with Gasteiger partial charge >= 0.3 is 12.1 Å². The fourth-order valence-corrected chi connectivity index (χ4v) is 5.49. The molecule has 3 heterocycles. The number of rotatable bonds is 7. The lowest BCUT2D eigenvalue weighted by molar-refractivity contribution is -0.190. The molecule has 2 atom stereocenters. The van der Waals surface area contributed by atoms with E-state index in [2.05, 4.69) is 9.97 Å². The number of nitrogens with zero attached hydrogens (tertiary/aromatic N) is 4. The molecule has 6 nitrogen and oxygen atoms in total. The number of alkyl halides is 3. The minimum absolute atomic E-state index is 0.102. The second-order valence-corrected chi connectivity index (χ2v) is 10.0. The van der Waals surface area contributed by atoms with E-state index < -0.39 is 18.1 Å². The van der Waals surface area contributed by atoms with Gasteiger partial charge in [0.15, 0.2) is 0 Å². The Morgan fingerprint density at radius 3 is 2.40 bits per heavy atom. The summed E-state index contributed by atoms with van der Waals surface area (Å²) in [6.45, 7) is 0.0402. The number of fused-ring (bicyclic) bond motifs is 1. The number of likely N-dealkylation sites (tertiary alicyclic amines) is 1. The number of halogens is 3. The van der Waals surface area contributed by atoms with Crippen molar-refractivity contribution in [3.63, 3.8) is 0 Å². The lowest BCUT2D eigenvalue weighted by Crippen LogP contribution is -2.56. The SMILES string of the molecule is O=C(Cc1ccccn1)N1CCC(N(Cc2ccnc3ccccc23)C(=O)C(F)(F)F)CC1Cc1ccccc1. The number of piperidine rings is 1. The zero-order valence-corrected chi connectivity index (χ0v) is 21.8. The average molecular weight is 547 g/mol. The van der Waals surface area contributed by atoms with Crippen molar-refractivity contribution in [3.8, 4) is 0 Å². The summed E-state index contributed by atoms with van der Waals surface area (Å²) in [5, 5.41) is 0.703. The smallest absolute Gasteiger partial charge is 0.339 e. The van der Waals surface area contributed by atoms with E-state index in [-0.39, 0.29) is 44.3 Å². The summed E-state index contributed by atoms with van der Waals surface area (Å²) in [6, 6.07) is 22.7. The molecule has 2 aromatic heterocycles. The van der Waals surface area contributed by atoms with Gasteiger partial charge in [-0.05, 0) is 54.7 Å². The monoisotopic (exact) mass is 546 g/mol. The molecule has 1 aliphatic rings. The maximum absolute atomic E-state index is 13.9. The standard InChI is InChI=1S/C31H29F3N4O2/c32-31(33,34)30(40)38(21-23-13-16-36-28-12-5-4-11-27(23)28)25-14-17-37(29(39)19-24-10-6-7-15-35-24)26(20-25)18-22-8-2-1-3-9-22/h1-13,15-16,25-26H,14,17-21H2. The molecule has 0 N–H and O–H groups in total. The first-order valence-corrected chi connectivity index (χ1v) is 13.2. The molecular formula is C31H29F3N4O2. The van der Waals surface area contributed by atoms with Crippen LogP contribution in [0.1, 0.15) is 29.7 Å². The van der Waals surface area contributed by atoms with Crippen LogP contribution in [-0.4, -0.2) is 56.4 Å². The molecule has 40 heavy (non-hydrogen) atoms. The number of para-hydroxylation sites is 1. The minimum atomic E-state index is -5.02. The highest BCUT2D eigenvalue weighted by molar-refractivity contribution is 5.85. The predicted molar refractivity (Wildman–Crippen MR) is 145 cm³/mol. The molecule has 0 spiro atoms. The zero-order chi connectivity index (χ0) is 28.1. The van der Waals surface area contributed by atoms with E-state index in [1.165, 1.54) is 0 Å². The summed E-state index contributed by atoms with van der Waals surface area (Å²) < 4.78 is 41.7. The Morgan fingerprint density at radius 1 is 0.900 bits per heavy atom. The van der Waals surface area contributed by atoms with Crippen LogP contribution in [0.4, 0.5) is 13.2 Å². The van der Waals surface area contributed by atoms with Gasteiger partial charge in [0.05, 0.1) is 11.9 Å². The molecule has 2 aromatic carbocycles. The third-order valence-electron chi connectivity index (χ3n) is 7.41. The van der Waals surface area contributed by atoms with Crippen LogP contribution in [0.2, 0.25) is 0 Å². The van der Waals surface area contributed by atoms with Crippen molar-refractivity contribution >= 4 is 22.7 Å². The fourth-order valence-electron chi connectivity index (χ4n) is 5.49. The van der Waals surface area contributed by atoms with Gasteiger partial charge in [-0.15, -0.1) is 0 Å². The summed E-state index contributed by atoms with van der Waals surface area (Å²) in [5.41, 5.74) is 2.84. The second kappa shape index (κ2) is 11.9. The highest BCUT2D eigenvalue weighted by atomic mass is 19.4. The number of hydrogen-bond donors (Lipinski definition) is 0. The zero-order valence-electron chi connectivity index (χ0n) is 21.8. The topological polar surface area (TPSA) is 66.4 Å². The number of aromatic nitrogens is 2. The number of benzene rings is 2. The summed E-state index contributed by atoms with van der Waals surface area (Å²) in [5.74, 6) is -2.00. The maximum atomic E-state index is 13.9. The molecule has 0 bridgehead atoms. The lowest BCUT2D eigenvalue weighted by Gasteiger charge is -2.44. The van der Waals surface area contributed by atoms with Crippen molar-refractivity contribution in [1.29, 1.82) is 0 Å². The molecule has 1 saturated heterocycles. The third-order valence-corrected chi connectivity index (χ3v) is 7.41. The molecule has 4 aromatic rings. The second-order valence-electron chi connectivity index (χ2n) is 10.0. The van der Waals surface area contributed by atoms with Crippen molar-refractivity contribution < 1.29 is 22.8 Å². The van der Waals surface area contributed by atoms with Crippen LogP contribution in [0.15, 0.2) is 91.3 Å². The van der Waals surface area contributed by atoms with Gasteiger partial charge in [-0.1, -0.05) is 54.6 Å². The van der Waals surface area contributed by atoms with E-state index in [1.807, 2.05) is 42.5 Å². The molecule has 1 aliphatic heterocycles. The van der Waals surface area contributed by atoms with Crippen molar-refractivity contribution in [1.82, 2.24) is 19.8 Å². The first-order valence-electron chi connectivity index (χ1n) is 13.2. The van der Waals surface area contributed by atoms with Crippen LogP contribution in [-0.2, 0) is 29.0 Å². The minimum Gasteiger partial charge on any atom is -0.339 e. The largest absolute Gasteiger partial charge is 0.471 e. The highest BCUT2D eigenvalue weighted by Gasteiger charge is 2.46. The lowest BCUT2D eigenvalue weighted by atomic mass is 9.90. The van der Waals surface area contributed by atoms with Crippen molar-refractivity contribution in [2.24, 2.45) is 0 Å². The number of hydrogen-bond acceptors (Lipinski definition) is 4. The molecular weight excluding hydrogens is 517 g/mol. The van der Waals surface area contributed by atoms with Gasteiger partial charge in [0, 0.05) is 48.6 Å². The van der Waals surface area contributed by atoms with Gasteiger partial charge in [0.25, 0.3) is 0 Å². The summed E-state index contributed by atoms with van der Waals surface area (Å²) >= 11 is 0. The predicted octanol–water partition coefficient (Wildman–Crippen LogP) is 5.37. The Kier molecular flexibility index (Phi) is 8.09. The average Bonchev–Trinajstić information content (AvgIpc) is 2.96. The van der Waals surface area contributed by atoms with E-state index in [1.54, 1.807) is 53.7 Å². The van der Waals surface area contributed by atoms with E-state index in [0.29, 0.717) is 28.6 Å². The summed E-state index contributed by atoms with van der Waals surface area (Å²) in [6.07, 6.45) is -0.811. The van der Waals surface area contributed by atoms with Crippen molar-refractivity contribution in [2.45, 2.75) is 50.5 Å². The van der Waals surface area contributed by atoms with Gasteiger partial charge in [-0.2, -0.15) is 13.2 Å². The Bertz CT molecular complexity index is 1460. The third kappa shape index (κ3) is 6.30. The Labute approximate surface area is 230 Å². The molecule has 0 radical (unpaired) electrons. The Morgan fingerprint density at radius 2 is 1.65 bits per heavy atom. The van der Waals surface area contributed by atoms with E-state index in [4.69, 9.17) is 0 Å². The number of carbonyl (C=O) groups is 2. The maximum Gasteiger partial charge on any atom is 0.471 e. The number of carbonyl (C=O) groups excluding carboxylic acids is 2. The molecule has 0 aliphatic carbocycles. The van der Waals surface area contributed by atoms with Crippen LogP contribution in [0.25, 0.3) is 10.9 Å². The van der Waals surface area contributed by atoms with Crippen LogP contribution in [0.5, 0.6) is 0 Å². The molecule has 2 unspecified atom stereocenters. The molecule has 9 heteroatoms.